The number of hydrogen-bond donors (Lipinski definition) is 1. The van der Waals surface area contributed by atoms with Crippen LogP contribution >= 0.6 is 24.0 Å². The molecule has 0 spiro atoms. The molecule has 5 heteroatoms. The summed E-state index contributed by atoms with van der Waals surface area (Å²) in [5.41, 5.74) is 1.18. The maximum Gasteiger partial charge on any atom is 0.194 e. The molecule has 1 fully saturated rings. The number of benzene rings is 1. The van der Waals surface area contributed by atoms with Crippen LogP contribution in [0.4, 0.5) is 0 Å². The summed E-state index contributed by atoms with van der Waals surface area (Å²) < 4.78 is 5.62. The molecule has 0 bridgehead atoms. The summed E-state index contributed by atoms with van der Waals surface area (Å²) in [7, 11) is 1.75. The number of nitrogens with one attached hydrogen (secondary N) is 1. The molecule has 2 rings (SSSR count). The number of likely N-dealkylation sites (tertiary alicyclic amines) is 1. The third-order valence-electron chi connectivity index (χ3n) is 4.28. The number of nitrogens with zero attached hydrogens (tertiary/aromatic N) is 2. The largest absolute Gasteiger partial charge is 0.375 e. The number of ether oxygens (including phenoxy) is 1. The van der Waals surface area contributed by atoms with E-state index in [2.05, 4.69) is 36.2 Å². The first-order valence-electron chi connectivity index (χ1n) is 8.35. The molecule has 1 unspecified atom stereocenters. The molecule has 0 saturated carbocycles. The second kappa shape index (κ2) is 10.9. The highest BCUT2D eigenvalue weighted by Crippen LogP contribution is 2.18. The lowest BCUT2D eigenvalue weighted by Crippen LogP contribution is -2.45. The maximum atomic E-state index is 5.62. The highest BCUT2D eigenvalue weighted by Gasteiger charge is 2.19. The highest BCUT2D eigenvalue weighted by atomic mass is 127. The highest BCUT2D eigenvalue weighted by molar-refractivity contribution is 14.0. The molecule has 1 aliphatic heterocycles. The number of guanidine groups is 1. The Morgan fingerprint density at radius 1 is 1.30 bits per heavy atom. The summed E-state index contributed by atoms with van der Waals surface area (Å²) in [6, 6.07) is 10.3. The van der Waals surface area contributed by atoms with E-state index in [-0.39, 0.29) is 30.1 Å². The van der Waals surface area contributed by atoms with Gasteiger partial charge in [-0.05, 0) is 31.2 Å². The van der Waals surface area contributed by atoms with Crippen LogP contribution in [0.3, 0.4) is 0 Å². The van der Waals surface area contributed by atoms with Gasteiger partial charge in [-0.3, -0.25) is 4.99 Å². The molecule has 1 aliphatic rings. The lowest BCUT2D eigenvalue weighted by Gasteiger charge is -2.33. The van der Waals surface area contributed by atoms with E-state index in [1.54, 1.807) is 7.11 Å². The molecule has 0 amide bonds. The standard InChI is InChI=1S/C18H29N3O.HI/c1-4-19-18(21-12-10-15(2)11-13-21)20-14-17(22-3)16-8-6-5-7-9-16;/h5-9,15,17H,4,10-14H2,1-3H3,(H,19,20);1H. The fourth-order valence-corrected chi connectivity index (χ4v) is 2.80. The van der Waals surface area contributed by atoms with Gasteiger partial charge in [-0.15, -0.1) is 24.0 Å². The molecule has 4 nitrogen and oxygen atoms in total. The van der Waals surface area contributed by atoms with Gasteiger partial charge < -0.3 is 15.0 Å². The van der Waals surface area contributed by atoms with Crippen molar-refractivity contribution < 1.29 is 4.74 Å². The summed E-state index contributed by atoms with van der Waals surface area (Å²) in [6.07, 6.45) is 2.51. The van der Waals surface area contributed by atoms with E-state index in [0.717, 1.165) is 31.5 Å². The Morgan fingerprint density at radius 2 is 1.96 bits per heavy atom. The van der Waals surface area contributed by atoms with Gasteiger partial charge in [0.05, 0.1) is 6.54 Å². The van der Waals surface area contributed by atoms with E-state index in [9.17, 15) is 0 Å². The molecule has 1 saturated heterocycles. The Kier molecular flexibility index (Phi) is 9.55. The summed E-state index contributed by atoms with van der Waals surface area (Å²) in [4.78, 5) is 7.19. The van der Waals surface area contributed by atoms with Gasteiger partial charge in [0.2, 0.25) is 0 Å². The fourth-order valence-electron chi connectivity index (χ4n) is 2.80. The van der Waals surface area contributed by atoms with Crippen LogP contribution in [0.5, 0.6) is 0 Å². The first kappa shape index (κ1) is 20.2. The van der Waals surface area contributed by atoms with Crippen LogP contribution in [0.25, 0.3) is 0 Å². The molecule has 0 aliphatic carbocycles. The predicted molar refractivity (Wildman–Crippen MR) is 108 cm³/mol. The summed E-state index contributed by atoms with van der Waals surface area (Å²) >= 11 is 0. The first-order chi connectivity index (χ1) is 10.7. The average Bonchev–Trinajstić information content (AvgIpc) is 2.56. The van der Waals surface area contributed by atoms with Crippen molar-refractivity contribution in [3.8, 4) is 0 Å². The fraction of sp³-hybridized carbons (Fsp3) is 0.611. The molecule has 130 valence electrons. The van der Waals surface area contributed by atoms with E-state index in [4.69, 9.17) is 9.73 Å². The van der Waals surface area contributed by atoms with Gasteiger partial charge in [-0.1, -0.05) is 37.3 Å². The van der Waals surface area contributed by atoms with Crippen molar-refractivity contribution in [1.82, 2.24) is 10.2 Å². The van der Waals surface area contributed by atoms with Crippen LogP contribution in [0, 0.1) is 5.92 Å². The van der Waals surface area contributed by atoms with Crippen molar-refractivity contribution >= 4 is 29.9 Å². The maximum absolute atomic E-state index is 5.62. The monoisotopic (exact) mass is 431 g/mol. The second-order valence-electron chi connectivity index (χ2n) is 6.00. The van der Waals surface area contributed by atoms with E-state index >= 15 is 0 Å². The van der Waals surface area contributed by atoms with Crippen molar-refractivity contribution in [2.24, 2.45) is 10.9 Å². The minimum Gasteiger partial charge on any atom is -0.375 e. The number of hydrogen-bond acceptors (Lipinski definition) is 2. The Hall–Kier alpha value is -0.820. The van der Waals surface area contributed by atoms with E-state index < -0.39 is 0 Å². The Labute approximate surface area is 157 Å². The third kappa shape index (κ3) is 6.30. The van der Waals surface area contributed by atoms with Crippen LogP contribution in [0.1, 0.15) is 38.4 Å². The molecular weight excluding hydrogens is 401 g/mol. The van der Waals surface area contributed by atoms with Gasteiger partial charge in [-0.25, -0.2) is 0 Å². The van der Waals surface area contributed by atoms with E-state index in [0.29, 0.717) is 6.54 Å². The molecule has 1 aromatic rings. The second-order valence-corrected chi connectivity index (χ2v) is 6.00. The van der Waals surface area contributed by atoms with Crippen LogP contribution < -0.4 is 5.32 Å². The van der Waals surface area contributed by atoms with Crippen molar-refractivity contribution in [2.45, 2.75) is 32.8 Å². The van der Waals surface area contributed by atoms with Gasteiger partial charge in [0.25, 0.3) is 0 Å². The van der Waals surface area contributed by atoms with Crippen LogP contribution in [-0.4, -0.2) is 44.1 Å². The van der Waals surface area contributed by atoms with Crippen molar-refractivity contribution in [3.05, 3.63) is 35.9 Å². The van der Waals surface area contributed by atoms with Gasteiger partial charge in [0.15, 0.2) is 5.96 Å². The lowest BCUT2D eigenvalue weighted by atomic mass is 9.99. The van der Waals surface area contributed by atoms with Crippen molar-refractivity contribution in [1.29, 1.82) is 0 Å². The number of halogens is 1. The zero-order valence-corrected chi connectivity index (χ0v) is 16.8. The quantitative estimate of drug-likeness (QED) is 0.439. The first-order valence-corrected chi connectivity index (χ1v) is 8.35. The van der Waals surface area contributed by atoms with Crippen molar-refractivity contribution in [3.63, 3.8) is 0 Å². The average molecular weight is 431 g/mol. The number of rotatable bonds is 5. The summed E-state index contributed by atoms with van der Waals surface area (Å²) in [5.74, 6) is 1.85. The molecule has 0 radical (unpaired) electrons. The number of piperidine rings is 1. The summed E-state index contributed by atoms with van der Waals surface area (Å²) in [6.45, 7) is 8.18. The van der Waals surface area contributed by atoms with E-state index in [1.165, 1.54) is 18.4 Å². The normalized spacial score (nSPS) is 17.5. The zero-order valence-electron chi connectivity index (χ0n) is 14.5. The molecule has 0 aromatic heterocycles. The van der Waals surface area contributed by atoms with Gasteiger partial charge in [0.1, 0.15) is 6.10 Å². The molecular formula is C18H30IN3O. The molecule has 23 heavy (non-hydrogen) atoms. The smallest absolute Gasteiger partial charge is 0.194 e. The zero-order chi connectivity index (χ0) is 15.8. The Bertz CT molecular complexity index is 459. The molecule has 1 atom stereocenters. The van der Waals surface area contributed by atoms with Gasteiger partial charge in [-0.2, -0.15) is 0 Å². The van der Waals surface area contributed by atoms with Crippen molar-refractivity contribution in [2.75, 3.05) is 33.3 Å². The van der Waals surface area contributed by atoms with Gasteiger partial charge in [0, 0.05) is 26.7 Å². The topological polar surface area (TPSA) is 36.9 Å². The van der Waals surface area contributed by atoms with Crippen LogP contribution in [0.15, 0.2) is 35.3 Å². The molecule has 1 N–H and O–H groups in total. The van der Waals surface area contributed by atoms with E-state index in [1.807, 2.05) is 18.2 Å². The molecule has 1 heterocycles. The Balaban J connectivity index is 0.00000264. The van der Waals surface area contributed by atoms with Gasteiger partial charge >= 0.3 is 0 Å². The lowest BCUT2D eigenvalue weighted by molar-refractivity contribution is 0.110. The third-order valence-corrected chi connectivity index (χ3v) is 4.28. The van der Waals surface area contributed by atoms with Crippen LogP contribution in [0.2, 0.25) is 0 Å². The Morgan fingerprint density at radius 3 is 2.52 bits per heavy atom. The number of aliphatic imine (C=N–C) groups is 1. The molecule has 1 aromatic carbocycles. The SMILES string of the molecule is CCNC(=NCC(OC)c1ccccc1)N1CCC(C)CC1.I. The minimum absolute atomic E-state index is 0. The number of methoxy groups -OCH3 is 1. The van der Waals surface area contributed by atoms with Crippen LogP contribution in [-0.2, 0) is 4.74 Å². The minimum atomic E-state index is 0. The summed E-state index contributed by atoms with van der Waals surface area (Å²) in [5, 5.41) is 3.42. The predicted octanol–water partition coefficient (Wildman–Crippen LogP) is 3.69.